The average Bonchev–Trinajstić information content (AvgIpc) is 3.49. The van der Waals surface area contributed by atoms with E-state index in [2.05, 4.69) is 10.4 Å². The van der Waals surface area contributed by atoms with Crippen LogP contribution in [0.1, 0.15) is 28.5 Å². The maximum absolute atomic E-state index is 13.8. The first-order valence-electron chi connectivity index (χ1n) is 10.9. The van der Waals surface area contributed by atoms with E-state index in [9.17, 15) is 9.59 Å². The lowest BCUT2D eigenvalue weighted by Gasteiger charge is -2.43. The largest absolute Gasteiger partial charge is 0.350 e. The summed E-state index contributed by atoms with van der Waals surface area (Å²) < 4.78 is 1.65. The summed E-state index contributed by atoms with van der Waals surface area (Å²) in [6.45, 7) is 4.38. The molecule has 34 heavy (non-hydrogen) atoms. The Morgan fingerprint density at radius 3 is 2.65 bits per heavy atom. The molecule has 1 aliphatic rings. The minimum atomic E-state index is -1.19. The maximum Gasteiger partial charge on any atom is 0.277 e. The minimum absolute atomic E-state index is 0.224. The van der Waals surface area contributed by atoms with Crippen LogP contribution in [0.3, 0.4) is 0 Å². The van der Waals surface area contributed by atoms with Gasteiger partial charge in [0.05, 0.1) is 11.4 Å². The van der Waals surface area contributed by atoms with Crippen molar-refractivity contribution in [3.63, 3.8) is 0 Å². The van der Waals surface area contributed by atoms with Gasteiger partial charge in [0.1, 0.15) is 16.9 Å². The molecule has 2 amide bonds. The number of thiophene rings is 1. The molecule has 172 valence electrons. The minimum Gasteiger partial charge on any atom is -0.350 e. The van der Waals surface area contributed by atoms with Crippen molar-refractivity contribution >= 4 is 40.4 Å². The number of benzene rings is 2. The molecule has 1 unspecified atom stereocenters. The predicted octanol–water partition coefficient (Wildman–Crippen LogP) is 5.31. The number of carbonyl (C=O) groups is 2. The zero-order chi connectivity index (χ0) is 23.9. The Hall–Kier alpha value is -3.42. The van der Waals surface area contributed by atoms with E-state index in [0.717, 1.165) is 21.7 Å². The molecule has 2 aromatic heterocycles. The van der Waals surface area contributed by atoms with E-state index in [0.29, 0.717) is 22.9 Å². The Kier molecular flexibility index (Phi) is 5.75. The van der Waals surface area contributed by atoms with Crippen LogP contribution in [0, 0.1) is 6.92 Å². The second-order valence-corrected chi connectivity index (χ2v) is 10.00. The van der Waals surface area contributed by atoms with E-state index >= 15 is 0 Å². The number of carbonyl (C=O) groups excluding carboxylic acids is 2. The molecule has 1 atom stereocenters. The van der Waals surface area contributed by atoms with Crippen LogP contribution >= 0.6 is 22.9 Å². The molecule has 0 saturated heterocycles. The molecule has 6 nitrogen and oxygen atoms in total. The number of hydrogen-bond donors (Lipinski definition) is 1. The summed E-state index contributed by atoms with van der Waals surface area (Å²) >= 11 is 7.65. The number of amides is 2. The van der Waals surface area contributed by atoms with Crippen molar-refractivity contribution in [2.75, 3.05) is 4.90 Å². The lowest BCUT2D eigenvalue weighted by atomic mass is 9.93. The summed E-state index contributed by atoms with van der Waals surface area (Å²) in [5.74, 6) is -0.534. The van der Waals surface area contributed by atoms with Crippen LogP contribution in [-0.2, 0) is 17.9 Å². The number of aromatic nitrogens is 2. The Morgan fingerprint density at radius 1 is 1.15 bits per heavy atom. The van der Waals surface area contributed by atoms with Crippen molar-refractivity contribution < 1.29 is 9.59 Å². The van der Waals surface area contributed by atoms with Gasteiger partial charge in [0.2, 0.25) is 5.91 Å². The SMILES string of the molecule is Cc1cccc(CNC(=O)C2(C)Cn3nc(-c4cccs4)cc3C(=O)N2c2ccc(Cl)cc2)c1. The molecule has 0 bridgehead atoms. The monoisotopic (exact) mass is 490 g/mol. The number of hydrogen-bond acceptors (Lipinski definition) is 4. The average molecular weight is 491 g/mol. The van der Waals surface area contributed by atoms with E-state index in [1.54, 1.807) is 58.2 Å². The highest BCUT2D eigenvalue weighted by Gasteiger charge is 2.48. The number of aryl methyl sites for hydroxylation is 1. The normalized spacial score (nSPS) is 17.5. The molecule has 0 fully saturated rings. The Labute approximate surface area is 206 Å². The molecule has 0 aliphatic carbocycles. The Morgan fingerprint density at radius 2 is 1.94 bits per heavy atom. The summed E-state index contributed by atoms with van der Waals surface area (Å²) in [4.78, 5) is 30.0. The van der Waals surface area contributed by atoms with Crippen molar-refractivity contribution in [3.8, 4) is 10.6 Å². The number of nitrogens with one attached hydrogen (secondary N) is 1. The van der Waals surface area contributed by atoms with Crippen LogP contribution in [0.4, 0.5) is 5.69 Å². The molecule has 5 rings (SSSR count). The van der Waals surface area contributed by atoms with Gasteiger partial charge in [0.15, 0.2) is 0 Å². The number of nitrogens with zero attached hydrogens (tertiary/aromatic N) is 3. The summed E-state index contributed by atoms with van der Waals surface area (Å²) in [6, 6.07) is 20.7. The van der Waals surface area contributed by atoms with Crippen LogP contribution in [0.25, 0.3) is 10.6 Å². The van der Waals surface area contributed by atoms with Crippen molar-refractivity contribution in [1.82, 2.24) is 15.1 Å². The smallest absolute Gasteiger partial charge is 0.277 e. The highest BCUT2D eigenvalue weighted by atomic mass is 35.5. The summed E-state index contributed by atoms with van der Waals surface area (Å²) in [5, 5.41) is 10.2. The third kappa shape index (κ3) is 4.02. The van der Waals surface area contributed by atoms with Gasteiger partial charge in [-0.3, -0.25) is 19.2 Å². The highest BCUT2D eigenvalue weighted by Crippen LogP contribution is 2.35. The zero-order valence-electron chi connectivity index (χ0n) is 18.8. The van der Waals surface area contributed by atoms with Gasteiger partial charge in [-0.25, -0.2) is 0 Å². The van der Waals surface area contributed by atoms with Crippen LogP contribution in [0.15, 0.2) is 72.1 Å². The molecular formula is C26H23ClN4O2S. The molecule has 8 heteroatoms. The number of rotatable bonds is 5. The lowest BCUT2D eigenvalue weighted by molar-refractivity contribution is -0.126. The van der Waals surface area contributed by atoms with Crippen molar-refractivity contribution in [3.05, 3.63) is 94.0 Å². The predicted molar refractivity (Wildman–Crippen MR) is 135 cm³/mol. The molecule has 3 heterocycles. The van der Waals surface area contributed by atoms with E-state index in [1.165, 1.54) is 0 Å². The zero-order valence-corrected chi connectivity index (χ0v) is 20.4. The van der Waals surface area contributed by atoms with Crippen molar-refractivity contribution in [2.24, 2.45) is 0 Å². The fraction of sp³-hybridized carbons (Fsp3) is 0.192. The molecule has 0 spiro atoms. The molecule has 0 radical (unpaired) electrons. The molecule has 2 aromatic carbocycles. The molecule has 1 aliphatic heterocycles. The standard InChI is InChI=1S/C26H23ClN4O2S/c1-17-5-3-6-18(13-17)15-28-25(33)26(2)16-30-22(14-21(29-30)23-7-4-12-34-23)24(32)31(26)20-10-8-19(27)9-11-20/h3-14H,15-16H2,1-2H3,(H,28,33). The van der Waals surface area contributed by atoms with Crippen LogP contribution in [-0.4, -0.2) is 27.1 Å². The van der Waals surface area contributed by atoms with Gasteiger partial charge in [-0.1, -0.05) is 47.5 Å². The van der Waals surface area contributed by atoms with Gasteiger partial charge in [-0.05, 0) is 61.2 Å². The van der Waals surface area contributed by atoms with Crippen molar-refractivity contribution in [1.29, 1.82) is 0 Å². The number of anilines is 1. The van der Waals surface area contributed by atoms with Crippen LogP contribution in [0.5, 0.6) is 0 Å². The van der Waals surface area contributed by atoms with Gasteiger partial charge in [0, 0.05) is 17.3 Å². The van der Waals surface area contributed by atoms with E-state index in [-0.39, 0.29) is 18.4 Å². The van der Waals surface area contributed by atoms with E-state index < -0.39 is 5.54 Å². The third-order valence-corrected chi connectivity index (χ3v) is 7.18. The summed E-state index contributed by atoms with van der Waals surface area (Å²) in [6.07, 6.45) is 0. The second kappa shape index (κ2) is 8.74. The van der Waals surface area contributed by atoms with Gasteiger partial charge in [-0.2, -0.15) is 5.10 Å². The molecule has 4 aromatic rings. The van der Waals surface area contributed by atoms with Crippen LogP contribution in [0.2, 0.25) is 5.02 Å². The number of fused-ring (bicyclic) bond motifs is 1. The highest BCUT2D eigenvalue weighted by molar-refractivity contribution is 7.13. The summed E-state index contributed by atoms with van der Waals surface area (Å²) in [5.41, 5.74) is 2.70. The Bertz CT molecular complexity index is 1360. The van der Waals surface area contributed by atoms with Gasteiger partial charge < -0.3 is 5.32 Å². The third-order valence-electron chi connectivity index (χ3n) is 6.04. The fourth-order valence-corrected chi connectivity index (χ4v) is 5.12. The summed E-state index contributed by atoms with van der Waals surface area (Å²) in [7, 11) is 0. The van der Waals surface area contributed by atoms with Gasteiger partial charge in [-0.15, -0.1) is 11.3 Å². The molecular weight excluding hydrogens is 468 g/mol. The van der Waals surface area contributed by atoms with Crippen molar-refractivity contribution in [2.45, 2.75) is 32.5 Å². The lowest BCUT2D eigenvalue weighted by Crippen LogP contribution is -2.64. The first-order chi connectivity index (χ1) is 16.3. The molecule has 1 N–H and O–H groups in total. The first kappa shape index (κ1) is 22.4. The second-order valence-electron chi connectivity index (χ2n) is 8.61. The fourth-order valence-electron chi connectivity index (χ4n) is 4.32. The van der Waals surface area contributed by atoms with Gasteiger partial charge >= 0.3 is 0 Å². The first-order valence-corrected chi connectivity index (χ1v) is 12.2. The number of halogens is 1. The quantitative estimate of drug-likeness (QED) is 0.412. The van der Waals surface area contributed by atoms with E-state index in [4.69, 9.17) is 11.6 Å². The topological polar surface area (TPSA) is 67.2 Å². The maximum atomic E-state index is 13.8. The van der Waals surface area contributed by atoms with Crippen LogP contribution < -0.4 is 10.2 Å². The molecule has 0 saturated carbocycles. The van der Waals surface area contributed by atoms with E-state index in [1.807, 2.05) is 48.7 Å². The Balaban J connectivity index is 1.53. The van der Waals surface area contributed by atoms with Gasteiger partial charge in [0.25, 0.3) is 5.91 Å².